The molecule has 0 bridgehead atoms. The van der Waals surface area contributed by atoms with Gasteiger partial charge in [-0.15, -0.1) is 0 Å². The Morgan fingerprint density at radius 3 is 1.73 bits per heavy atom. The minimum Gasteiger partial charge on any atom is -0.465 e. The summed E-state index contributed by atoms with van der Waals surface area (Å²) in [6.45, 7) is -0.185. The van der Waals surface area contributed by atoms with Gasteiger partial charge in [0, 0.05) is 11.0 Å². The highest BCUT2D eigenvalue weighted by Gasteiger charge is 2.49. The Morgan fingerprint density at radius 1 is 0.848 bits per heavy atom. The van der Waals surface area contributed by atoms with E-state index >= 15 is 0 Å². The van der Waals surface area contributed by atoms with Gasteiger partial charge in [-0.3, -0.25) is 4.79 Å². The van der Waals surface area contributed by atoms with Gasteiger partial charge in [0.25, 0.3) is 0 Å². The first-order valence-electron chi connectivity index (χ1n) is 7.92. The summed E-state index contributed by atoms with van der Waals surface area (Å²) in [7, 11) is 1.23. The van der Waals surface area contributed by atoms with Gasteiger partial charge in [-0.05, 0) is 30.2 Å². The van der Waals surface area contributed by atoms with Crippen LogP contribution in [0.15, 0.2) is 22.7 Å². The molecular weight excluding hydrogens is 553 g/mol. The van der Waals surface area contributed by atoms with Gasteiger partial charge in [0.15, 0.2) is 0 Å². The number of nitrogens with one attached hydrogen (secondary N) is 1. The highest BCUT2D eigenvalue weighted by molar-refractivity contribution is 9.10. The van der Waals surface area contributed by atoms with Gasteiger partial charge in [-0.1, -0.05) is 15.9 Å². The maximum absolute atomic E-state index is 12.0. The molecule has 1 N–H and O–H groups in total. The second-order valence-corrected chi connectivity index (χ2v) is 6.43. The molecule has 0 saturated carbocycles. The Kier molecular flexibility index (Phi) is 10.8. The largest absolute Gasteiger partial charge is 0.491 e. The normalized spacial score (nSPS) is 11.6. The molecule has 1 amide bonds. The van der Waals surface area contributed by atoms with Crippen LogP contribution >= 0.6 is 15.9 Å². The van der Waals surface area contributed by atoms with Gasteiger partial charge in [0.2, 0.25) is 0 Å². The minimum atomic E-state index is -5.62. The zero-order chi connectivity index (χ0) is 26.2. The SMILES string of the molecule is COC(=O)c1cc(Br)cc(CCNC(=O)C(F)(F)F)c1.O=C(OC(=O)C(F)(F)F)C(F)(F)F. The standard InChI is InChI=1S/C12H11BrF3NO3.C4F6O3/c1-20-10(18)8-4-7(5-9(13)6-8)2-3-17-11(19)12(14,15)16;5-3(6,7)1(11)13-2(12)4(8,9)10/h4-6H,2-3H2,1H3,(H,17,19);. The van der Waals surface area contributed by atoms with E-state index in [1.165, 1.54) is 19.2 Å². The Morgan fingerprint density at radius 2 is 1.33 bits per heavy atom. The van der Waals surface area contributed by atoms with E-state index in [1.807, 2.05) is 0 Å². The van der Waals surface area contributed by atoms with Crippen LogP contribution in [0.4, 0.5) is 39.5 Å². The van der Waals surface area contributed by atoms with Gasteiger partial charge in [-0.2, -0.15) is 39.5 Å². The fourth-order valence-corrected chi connectivity index (χ4v) is 2.19. The minimum absolute atomic E-state index is 0.158. The molecule has 0 atom stereocenters. The first-order valence-corrected chi connectivity index (χ1v) is 8.71. The van der Waals surface area contributed by atoms with E-state index in [9.17, 15) is 58.7 Å². The molecule has 0 unspecified atom stereocenters. The van der Waals surface area contributed by atoms with Crippen LogP contribution in [0.5, 0.6) is 0 Å². The summed E-state index contributed by atoms with van der Waals surface area (Å²) in [5, 5.41) is 1.76. The second kappa shape index (κ2) is 11.9. The van der Waals surface area contributed by atoms with E-state index in [2.05, 4.69) is 25.4 Å². The lowest BCUT2D eigenvalue weighted by Crippen LogP contribution is -2.37. The molecule has 1 aromatic rings. The molecule has 0 heterocycles. The third-order valence-electron chi connectivity index (χ3n) is 2.98. The van der Waals surface area contributed by atoms with Crippen LogP contribution in [-0.4, -0.2) is 56.0 Å². The summed E-state index contributed by atoms with van der Waals surface area (Å²) in [5.74, 6) is -8.93. The predicted octanol–water partition coefficient (Wildman–Crippen LogP) is 3.64. The van der Waals surface area contributed by atoms with Crippen molar-refractivity contribution >= 4 is 39.7 Å². The molecule has 33 heavy (non-hydrogen) atoms. The topological polar surface area (TPSA) is 98.8 Å². The van der Waals surface area contributed by atoms with Crippen LogP contribution in [0.1, 0.15) is 15.9 Å². The van der Waals surface area contributed by atoms with Gasteiger partial charge in [0.05, 0.1) is 12.7 Å². The lowest BCUT2D eigenvalue weighted by atomic mass is 10.1. The monoisotopic (exact) mass is 563 g/mol. The van der Waals surface area contributed by atoms with E-state index in [0.29, 0.717) is 10.0 Å². The zero-order valence-corrected chi connectivity index (χ0v) is 17.5. The summed E-state index contributed by atoms with van der Waals surface area (Å²) in [6.07, 6.45) is -16.0. The molecule has 17 heteroatoms. The number of alkyl halides is 9. The first kappa shape index (κ1) is 30.1. The molecule has 1 rings (SSSR count). The molecular formula is C16H11BrF9NO6. The first-order chi connectivity index (χ1) is 14.8. The van der Waals surface area contributed by atoms with Crippen molar-refractivity contribution in [2.75, 3.05) is 13.7 Å². The zero-order valence-electron chi connectivity index (χ0n) is 15.9. The number of rotatable bonds is 4. The molecule has 0 aliphatic carbocycles. The fourth-order valence-electron chi connectivity index (χ4n) is 1.65. The lowest BCUT2D eigenvalue weighted by molar-refractivity contribution is -0.221. The van der Waals surface area contributed by atoms with Crippen molar-refractivity contribution in [3.63, 3.8) is 0 Å². The molecule has 0 aliphatic rings. The molecule has 186 valence electrons. The van der Waals surface area contributed by atoms with Crippen molar-refractivity contribution in [1.29, 1.82) is 0 Å². The van der Waals surface area contributed by atoms with Crippen molar-refractivity contribution in [2.45, 2.75) is 24.9 Å². The van der Waals surface area contributed by atoms with Gasteiger partial charge >= 0.3 is 42.3 Å². The van der Waals surface area contributed by atoms with Gasteiger partial charge in [-0.25, -0.2) is 14.4 Å². The van der Waals surface area contributed by atoms with Gasteiger partial charge in [0.1, 0.15) is 0 Å². The van der Waals surface area contributed by atoms with E-state index in [0.717, 1.165) is 0 Å². The van der Waals surface area contributed by atoms with Crippen LogP contribution in [0, 0.1) is 0 Å². The maximum Gasteiger partial charge on any atom is 0.491 e. The Bertz CT molecular complexity index is 857. The summed E-state index contributed by atoms with van der Waals surface area (Å²) in [6, 6.07) is 4.67. The molecule has 7 nitrogen and oxygen atoms in total. The summed E-state index contributed by atoms with van der Waals surface area (Å²) >= 11 is 3.19. The third kappa shape index (κ3) is 11.5. The number of methoxy groups -OCH3 is 1. The Hall–Kier alpha value is -2.85. The average molecular weight is 564 g/mol. The molecule has 0 spiro atoms. The molecule has 0 aliphatic heterocycles. The van der Waals surface area contributed by atoms with E-state index < -0.39 is 42.3 Å². The maximum atomic E-state index is 12.0. The Labute approximate surface area is 186 Å². The third-order valence-corrected chi connectivity index (χ3v) is 3.44. The van der Waals surface area contributed by atoms with E-state index in [1.54, 1.807) is 11.4 Å². The van der Waals surface area contributed by atoms with Crippen molar-refractivity contribution in [1.82, 2.24) is 5.32 Å². The summed E-state index contributed by atoms with van der Waals surface area (Å²) in [4.78, 5) is 41.3. The molecule has 0 aromatic heterocycles. The van der Waals surface area contributed by atoms with Crippen molar-refractivity contribution in [3.05, 3.63) is 33.8 Å². The number of ether oxygens (including phenoxy) is 2. The number of hydrogen-bond acceptors (Lipinski definition) is 6. The average Bonchev–Trinajstić information content (AvgIpc) is 2.65. The van der Waals surface area contributed by atoms with E-state index in [-0.39, 0.29) is 18.5 Å². The predicted molar refractivity (Wildman–Crippen MR) is 91.5 cm³/mol. The van der Waals surface area contributed by atoms with Crippen LogP contribution in [0.2, 0.25) is 0 Å². The van der Waals surface area contributed by atoms with Crippen LogP contribution in [0.3, 0.4) is 0 Å². The number of amides is 1. The number of hydrogen-bond donors (Lipinski definition) is 1. The highest BCUT2D eigenvalue weighted by Crippen LogP contribution is 2.21. The van der Waals surface area contributed by atoms with Crippen molar-refractivity contribution < 1.29 is 68.2 Å². The van der Waals surface area contributed by atoms with Crippen LogP contribution in [-0.2, 0) is 30.3 Å². The van der Waals surface area contributed by atoms with Crippen LogP contribution in [0.25, 0.3) is 0 Å². The van der Waals surface area contributed by atoms with E-state index in [4.69, 9.17) is 0 Å². The number of carbonyl (C=O) groups excluding carboxylic acids is 4. The number of benzene rings is 1. The number of esters is 3. The molecule has 0 fully saturated rings. The van der Waals surface area contributed by atoms with Gasteiger partial charge < -0.3 is 14.8 Å². The lowest BCUT2D eigenvalue weighted by Gasteiger charge is -2.09. The molecule has 0 saturated heterocycles. The quantitative estimate of drug-likeness (QED) is 0.341. The fraction of sp³-hybridized carbons (Fsp3) is 0.375. The smallest absolute Gasteiger partial charge is 0.465 e. The highest BCUT2D eigenvalue weighted by atomic mass is 79.9. The summed E-state index contributed by atoms with van der Waals surface area (Å²) < 4.78 is 111. The Balaban J connectivity index is 0.000000684. The van der Waals surface area contributed by atoms with Crippen molar-refractivity contribution in [2.24, 2.45) is 0 Å². The molecule has 1 aromatic carbocycles. The van der Waals surface area contributed by atoms with Crippen LogP contribution < -0.4 is 5.32 Å². The number of carbonyl (C=O) groups is 4. The van der Waals surface area contributed by atoms with Crippen molar-refractivity contribution in [3.8, 4) is 0 Å². The second-order valence-electron chi connectivity index (χ2n) is 5.52. The summed E-state index contributed by atoms with van der Waals surface area (Å²) in [5.41, 5.74) is 0.876. The number of halogens is 10. The molecule has 0 radical (unpaired) electrons.